The highest BCUT2D eigenvalue weighted by Gasteiger charge is 2.30. The fourth-order valence-corrected chi connectivity index (χ4v) is 4.56. The molecule has 1 heterocycles. The summed E-state index contributed by atoms with van der Waals surface area (Å²) < 4.78 is 45.2. The van der Waals surface area contributed by atoms with Crippen molar-refractivity contribution in [2.75, 3.05) is 32.8 Å². The van der Waals surface area contributed by atoms with E-state index in [1.54, 1.807) is 0 Å². The Morgan fingerprint density at radius 1 is 1.17 bits per heavy atom. The van der Waals surface area contributed by atoms with Crippen LogP contribution in [0.3, 0.4) is 0 Å². The number of hydrogen-bond acceptors (Lipinski definition) is 5. The summed E-state index contributed by atoms with van der Waals surface area (Å²) in [5.41, 5.74) is 0.379. The second kappa shape index (κ2) is 8.78. The van der Waals surface area contributed by atoms with Crippen LogP contribution in [0, 0.1) is 17.1 Å². The third-order valence-corrected chi connectivity index (χ3v) is 6.63. The van der Waals surface area contributed by atoms with Crippen molar-refractivity contribution in [2.45, 2.75) is 4.90 Å². The molecule has 152 valence electrons. The first-order chi connectivity index (χ1) is 13.8. The molecule has 3 rings (SSSR count). The first kappa shape index (κ1) is 21.0. The molecule has 29 heavy (non-hydrogen) atoms. The number of carbonyl (C=O) groups is 1. The van der Waals surface area contributed by atoms with E-state index < -0.39 is 15.8 Å². The number of nitriles is 1. The van der Waals surface area contributed by atoms with Crippen molar-refractivity contribution in [1.29, 1.82) is 5.26 Å². The molecule has 2 aromatic rings. The predicted molar refractivity (Wildman–Crippen MR) is 103 cm³/mol. The Morgan fingerprint density at radius 2 is 1.90 bits per heavy atom. The smallest absolute Gasteiger partial charge is 0.260 e. The van der Waals surface area contributed by atoms with Crippen molar-refractivity contribution in [1.82, 2.24) is 9.21 Å². The van der Waals surface area contributed by atoms with E-state index in [0.29, 0.717) is 5.56 Å². The van der Waals surface area contributed by atoms with E-state index >= 15 is 0 Å². The lowest BCUT2D eigenvalue weighted by molar-refractivity contribution is -0.134. The van der Waals surface area contributed by atoms with Gasteiger partial charge in [0.15, 0.2) is 6.61 Å². The van der Waals surface area contributed by atoms with Crippen molar-refractivity contribution >= 4 is 27.5 Å². The summed E-state index contributed by atoms with van der Waals surface area (Å²) in [6.45, 7) is 0.322. The molecule has 7 nitrogen and oxygen atoms in total. The second-order valence-electron chi connectivity index (χ2n) is 6.29. The molecule has 0 aliphatic carbocycles. The van der Waals surface area contributed by atoms with Gasteiger partial charge in [-0.3, -0.25) is 4.79 Å². The Morgan fingerprint density at radius 3 is 2.52 bits per heavy atom. The number of sulfonamides is 1. The van der Waals surface area contributed by atoms with Gasteiger partial charge in [-0.05, 0) is 36.4 Å². The molecule has 1 fully saturated rings. The average Bonchev–Trinajstić information content (AvgIpc) is 2.72. The van der Waals surface area contributed by atoms with E-state index in [1.807, 2.05) is 6.07 Å². The average molecular weight is 438 g/mol. The van der Waals surface area contributed by atoms with Crippen LogP contribution in [0.4, 0.5) is 4.39 Å². The predicted octanol–water partition coefficient (Wildman–Crippen LogP) is 2.26. The molecule has 1 amide bonds. The van der Waals surface area contributed by atoms with Crippen LogP contribution in [0.2, 0.25) is 5.02 Å². The summed E-state index contributed by atoms with van der Waals surface area (Å²) in [6, 6.07) is 11.3. The largest absolute Gasteiger partial charge is 0.482 e. The van der Waals surface area contributed by atoms with Crippen LogP contribution < -0.4 is 4.74 Å². The Labute approximate surface area is 172 Å². The molecule has 1 saturated heterocycles. The van der Waals surface area contributed by atoms with Crippen LogP contribution in [-0.2, 0) is 14.8 Å². The maximum Gasteiger partial charge on any atom is 0.260 e. The van der Waals surface area contributed by atoms with Gasteiger partial charge in [0.25, 0.3) is 5.91 Å². The SMILES string of the molecule is N#Cc1ccc(OCC(=O)N2CCN(S(=O)(=O)c3cccc(F)c3)CC2)c(Cl)c1. The molecule has 0 unspecified atom stereocenters. The summed E-state index contributed by atoms with van der Waals surface area (Å²) in [7, 11) is -3.82. The molecule has 10 heteroatoms. The molecule has 0 bridgehead atoms. The first-order valence-corrected chi connectivity index (χ1v) is 10.5. The Kier molecular flexibility index (Phi) is 6.37. The summed E-state index contributed by atoms with van der Waals surface area (Å²) in [4.78, 5) is 13.7. The zero-order valence-electron chi connectivity index (χ0n) is 15.2. The standard InChI is InChI=1S/C19H17ClFN3O4S/c20-17-10-14(12-22)4-5-18(17)28-13-19(25)23-6-8-24(9-7-23)29(26,27)16-3-1-2-15(21)11-16/h1-5,10-11H,6-9,13H2. The van der Waals surface area contributed by atoms with E-state index in [2.05, 4.69) is 0 Å². The maximum atomic E-state index is 13.4. The number of hydrogen-bond donors (Lipinski definition) is 0. The monoisotopic (exact) mass is 437 g/mol. The molecule has 0 radical (unpaired) electrons. The van der Waals surface area contributed by atoms with Gasteiger partial charge in [0.2, 0.25) is 10.0 Å². The maximum absolute atomic E-state index is 13.4. The van der Waals surface area contributed by atoms with E-state index in [1.165, 1.54) is 45.6 Å². The van der Waals surface area contributed by atoms with Gasteiger partial charge in [-0.2, -0.15) is 9.57 Å². The third kappa shape index (κ3) is 4.85. The minimum atomic E-state index is -3.82. The van der Waals surface area contributed by atoms with Crippen LogP contribution in [-0.4, -0.2) is 56.3 Å². The minimum absolute atomic E-state index is 0.0994. The van der Waals surface area contributed by atoms with Crippen molar-refractivity contribution in [3.8, 4) is 11.8 Å². The van der Waals surface area contributed by atoms with Crippen LogP contribution in [0.1, 0.15) is 5.56 Å². The van der Waals surface area contributed by atoms with Gasteiger partial charge >= 0.3 is 0 Å². The highest BCUT2D eigenvalue weighted by atomic mass is 35.5. The summed E-state index contributed by atoms with van der Waals surface area (Å²) in [5, 5.41) is 9.06. The molecule has 0 saturated carbocycles. The first-order valence-electron chi connectivity index (χ1n) is 8.67. The van der Waals surface area contributed by atoms with Gasteiger partial charge in [-0.1, -0.05) is 17.7 Å². The number of benzene rings is 2. The lowest BCUT2D eigenvalue weighted by Gasteiger charge is -2.34. The van der Waals surface area contributed by atoms with E-state index in [-0.39, 0.29) is 54.4 Å². The molecule has 0 aromatic heterocycles. The van der Waals surface area contributed by atoms with Crippen molar-refractivity contribution < 1.29 is 22.3 Å². The van der Waals surface area contributed by atoms with Crippen molar-refractivity contribution in [3.63, 3.8) is 0 Å². The van der Waals surface area contributed by atoms with Crippen LogP contribution >= 0.6 is 11.6 Å². The highest BCUT2D eigenvalue weighted by Crippen LogP contribution is 2.25. The van der Waals surface area contributed by atoms with Gasteiger partial charge in [-0.25, -0.2) is 12.8 Å². The summed E-state index contributed by atoms with van der Waals surface area (Å²) in [5.74, 6) is -0.655. The fraction of sp³-hybridized carbons (Fsp3) is 0.263. The van der Waals surface area contributed by atoms with Crippen molar-refractivity contribution in [2.24, 2.45) is 0 Å². The number of halogens is 2. The van der Waals surface area contributed by atoms with Crippen LogP contribution in [0.5, 0.6) is 5.75 Å². The molecule has 2 aromatic carbocycles. The molecule has 1 aliphatic heterocycles. The van der Waals surface area contributed by atoms with Gasteiger partial charge in [0, 0.05) is 26.2 Å². The lowest BCUT2D eigenvalue weighted by atomic mass is 10.2. The summed E-state index contributed by atoms with van der Waals surface area (Å²) >= 11 is 6.01. The number of amides is 1. The van der Waals surface area contributed by atoms with Gasteiger partial charge in [-0.15, -0.1) is 0 Å². The summed E-state index contributed by atoms with van der Waals surface area (Å²) in [6.07, 6.45) is 0. The second-order valence-corrected chi connectivity index (χ2v) is 8.63. The van der Waals surface area contributed by atoms with Gasteiger partial charge < -0.3 is 9.64 Å². The zero-order chi connectivity index (χ0) is 21.0. The molecule has 0 atom stereocenters. The van der Waals surface area contributed by atoms with E-state index in [4.69, 9.17) is 21.6 Å². The highest BCUT2D eigenvalue weighted by molar-refractivity contribution is 7.89. The van der Waals surface area contributed by atoms with E-state index in [0.717, 1.165) is 6.07 Å². The lowest BCUT2D eigenvalue weighted by Crippen LogP contribution is -2.51. The Bertz CT molecular complexity index is 1060. The number of ether oxygens (including phenoxy) is 1. The molecular formula is C19H17ClFN3O4S. The minimum Gasteiger partial charge on any atom is -0.482 e. The van der Waals surface area contributed by atoms with E-state index in [9.17, 15) is 17.6 Å². The number of nitrogens with zero attached hydrogens (tertiary/aromatic N) is 3. The van der Waals surface area contributed by atoms with Gasteiger partial charge in [0.1, 0.15) is 11.6 Å². The molecular weight excluding hydrogens is 421 g/mol. The normalized spacial score (nSPS) is 15.0. The topological polar surface area (TPSA) is 90.7 Å². The molecule has 0 N–H and O–H groups in total. The van der Waals surface area contributed by atoms with Crippen LogP contribution in [0.25, 0.3) is 0 Å². The third-order valence-electron chi connectivity index (χ3n) is 4.44. The zero-order valence-corrected chi connectivity index (χ0v) is 16.8. The number of piperazine rings is 1. The number of carbonyl (C=O) groups excluding carboxylic acids is 1. The van der Waals surface area contributed by atoms with Gasteiger partial charge in [0.05, 0.1) is 21.6 Å². The Balaban J connectivity index is 1.56. The quantitative estimate of drug-likeness (QED) is 0.715. The number of rotatable bonds is 5. The van der Waals surface area contributed by atoms with Crippen LogP contribution in [0.15, 0.2) is 47.4 Å². The fourth-order valence-electron chi connectivity index (χ4n) is 2.87. The molecule has 0 spiro atoms. The van der Waals surface area contributed by atoms with Crippen molar-refractivity contribution in [3.05, 3.63) is 58.9 Å². The molecule has 1 aliphatic rings. The Hall–Kier alpha value is -2.67.